The van der Waals surface area contributed by atoms with E-state index in [1.165, 1.54) is 11.6 Å². The van der Waals surface area contributed by atoms with Gasteiger partial charge in [0.05, 0.1) is 40.2 Å². The molecule has 0 saturated heterocycles. The number of anilines is 4. The van der Waals surface area contributed by atoms with Crippen LogP contribution in [0.4, 0.5) is 31.8 Å². The van der Waals surface area contributed by atoms with Gasteiger partial charge in [0.2, 0.25) is 21.7 Å². The molecule has 1 amide bonds. The van der Waals surface area contributed by atoms with Crippen molar-refractivity contribution in [2.24, 2.45) is 5.92 Å². The van der Waals surface area contributed by atoms with Crippen LogP contribution in [0.1, 0.15) is 54.7 Å². The molecule has 0 bridgehead atoms. The van der Waals surface area contributed by atoms with Crippen LogP contribution in [-0.2, 0) is 27.7 Å². The first-order valence-corrected chi connectivity index (χ1v) is 19.3. The number of carbonyl (C=O) groups excluding carboxylic acids is 1. The van der Waals surface area contributed by atoms with Crippen LogP contribution < -0.4 is 16.4 Å². The Balaban J connectivity index is 0.000000291. The molecule has 6 aromatic rings. The number of aromatic nitrogens is 4. The van der Waals surface area contributed by atoms with Gasteiger partial charge in [0.1, 0.15) is 5.82 Å². The number of nitrogen functional groups attached to an aromatic ring is 1. The van der Waals surface area contributed by atoms with Crippen molar-refractivity contribution < 1.29 is 22.0 Å². The summed E-state index contributed by atoms with van der Waals surface area (Å²) in [5, 5.41) is 14.7. The molecule has 0 radical (unpaired) electrons. The zero-order valence-corrected chi connectivity index (χ0v) is 30.3. The molecule has 4 N–H and O–H groups in total. The predicted molar refractivity (Wildman–Crippen MR) is 204 cm³/mol. The zero-order valence-electron chi connectivity index (χ0n) is 29.5. The number of carbonyl (C=O) groups is 1. The molecule has 8 rings (SSSR count). The Morgan fingerprint density at radius 1 is 0.796 bits per heavy atom. The monoisotopic (exact) mass is 749 g/mol. The summed E-state index contributed by atoms with van der Waals surface area (Å²) in [4.78, 5) is 14.1. The van der Waals surface area contributed by atoms with Crippen LogP contribution in [0.3, 0.4) is 0 Å². The third-order valence-electron chi connectivity index (χ3n) is 9.79. The minimum Gasteiger partial charge on any atom is -0.382 e. The number of benzene rings is 4. The van der Waals surface area contributed by atoms with E-state index in [-0.39, 0.29) is 34.5 Å². The van der Waals surface area contributed by atoms with Gasteiger partial charge >= 0.3 is 0 Å². The van der Waals surface area contributed by atoms with Gasteiger partial charge in [-0.2, -0.15) is 10.2 Å². The fourth-order valence-corrected chi connectivity index (χ4v) is 8.51. The van der Waals surface area contributed by atoms with Crippen molar-refractivity contribution in [2.75, 3.05) is 16.4 Å². The number of amides is 1. The molecule has 1 unspecified atom stereocenters. The maximum absolute atomic E-state index is 13.9. The molecule has 2 aliphatic rings. The molecule has 1 fully saturated rings. The quantitative estimate of drug-likeness (QED) is 0.135. The lowest BCUT2D eigenvalue weighted by molar-refractivity contribution is -0.118. The van der Waals surface area contributed by atoms with Gasteiger partial charge in [-0.25, -0.2) is 17.2 Å². The first kappa shape index (κ1) is 36.5. The van der Waals surface area contributed by atoms with E-state index >= 15 is 0 Å². The topological polar surface area (TPSA) is 137 Å². The second-order valence-electron chi connectivity index (χ2n) is 13.8. The van der Waals surface area contributed by atoms with Gasteiger partial charge in [-0.3, -0.25) is 14.2 Å². The first-order chi connectivity index (χ1) is 26.0. The SMILES string of the molecule is Nc1ccn(Cc2ccccc2)n1.O=C(Nc1ccn(Cc2ccccc2)n1)C(CC1CCC(F)(F)CC1)c1ccc2c(c1)Nc1ccccc1S2(=O)=O. The summed E-state index contributed by atoms with van der Waals surface area (Å²) in [6.45, 7) is 1.32. The van der Waals surface area contributed by atoms with Crippen LogP contribution in [-0.4, -0.2) is 39.8 Å². The molecule has 2 aromatic heterocycles. The maximum Gasteiger partial charge on any atom is 0.248 e. The van der Waals surface area contributed by atoms with Gasteiger partial charge in [0.15, 0.2) is 5.82 Å². The summed E-state index contributed by atoms with van der Waals surface area (Å²) in [5.74, 6) is -2.77. The van der Waals surface area contributed by atoms with Crippen molar-refractivity contribution in [3.05, 3.63) is 144 Å². The lowest BCUT2D eigenvalue weighted by atomic mass is 9.79. The second-order valence-corrected chi connectivity index (χ2v) is 15.7. The molecule has 1 aliphatic heterocycles. The van der Waals surface area contributed by atoms with Crippen molar-refractivity contribution in [1.29, 1.82) is 0 Å². The van der Waals surface area contributed by atoms with Gasteiger partial charge in [0.25, 0.3) is 0 Å². The second kappa shape index (κ2) is 15.7. The average Bonchev–Trinajstić information content (AvgIpc) is 3.79. The number of nitrogens with zero attached hydrogens (tertiary/aromatic N) is 4. The minimum absolute atomic E-state index is 0.0607. The Labute approximate surface area is 312 Å². The van der Waals surface area contributed by atoms with E-state index in [1.807, 2.05) is 59.4 Å². The van der Waals surface area contributed by atoms with Crippen molar-refractivity contribution in [1.82, 2.24) is 19.6 Å². The molecule has 1 aliphatic carbocycles. The van der Waals surface area contributed by atoms with E-state index in [1.54, 1.807) is 59.4 Å². The first-order valence-electron chi connectivity index (χ1n) is 17.9. The van der Waals surface area contributed by atoms with Crippen LogP contribution in [0.15, 0.2) is 137 Å². The molecule has 0 spiro atoms. The van der Waals surface area contributed by atoms with Crippen molar-refractivity contribution in [2.45, 2.75) is 66.8 Å². The Kier molecular flexibility index (Phi) is 10.6. The van der Waals surface area contributed by atoms with Crippen molar-refractivity contribution >= 4 is 38.8 Å². The number of para-hydroxylation sites is 1. The molecular formula is C41H41F2N7O3S. The summed E-state index contributed by atoms with van der Waals surface area (Å²) in [7, 11) is -3.74. The number of halogens is 2. The number of rotatable bonds is 9. The molecule has 10 nitrogen and oxygen atoms in total. The van der Waals surface area contributed by atoms with E-state index in [9.17, 15) is 22.0 Å². The summed E-state index contributed by atoms with van der Waals surface area (Å²) in [5.41, 5.74) is 9.27. The maximum atomic E-state index is 13.9. The van der Waals surface area contributed by atoms with Crippen LogP contribution in [0, 0.1) is 5.92 Å². The molecule has 3 heterocycles. The highest BCUT2D eigenvalue weighted by atomic mass is 32.2. The predicted octanol–water partition coefficient (Wildman–Crippen LogP) is 8.27. The smallest absolute Gasteiger partial charge is 0.248 e. The van der Waals surface area contributed by atoms with E-state index < -0.39 is 21.7 Å². The average molecular weight is 750 g/mol. The van der Waals surface area contributed by atoms with Gasteiger partial charge in [-0.1, -0.05) is 78.9 Å². The summed E-state index contributed by atoms with van der Waals surface area (Å²) >= 11 is 0. The zero-order chi connectivity index (χ0) is 37.7. The Morgan fingerprint density at radius 3 is 2.04 bits per heavy atom. The molecule has 54 heavy (non-hydrogen) atoms. The lowest BCUT2D eigenvalue weighted by Gasteiger charge is -2.31. The highest BCUT2D eigenvalue weighted by Gasteiger charge is 2.37. The fourth-order valence-electron chi connectivity index (χ4n) is 6.96. The molecule has 1 atom stereocenters. The molecular weight excluding hydrogens is 709 g/mol. The number of nitrogens with one attached hydrogen (secondary N) is 2. The number of fused-ring (bicyclic) bond motifs is 2. The molecule has 1 saturated carbocycles. The van der Waals surface area contributed by atoms with Gasteiger partial charge in [-0.05, 0) is 72.2 Å². The third kappa shape index (κ3) is 8.69. The van der Waals surface area contributed by atoms with Crippen LogP contribution in [0.25, 0.3) is 0 Å². The van der Waals surface area contributed by atoms with Gasteiger partial charge in [0, 0.05) is 31.3 Å². The normalized spacial score (nSPS) is 16.1. The summed E-state index contributed by atoms with van der Waals surface area (Å²) < 4.78 is 57.8. The van der Waals surface area contributed by atoms with Crippen LogP contribution in [0.2, 0.25) is 0 Å². The van der Waals surface area contributed by atoms with Crippen molar-refractivity contribution in [3.8, 4) is 0 Å². The Hall–Kier alpha value is -5.82. The lowest BCUT2D eigenvalue weighted by Crippen LogP contribution is -2.29. The van der Waals surface area contributed by atoms with Gasteiger partial charge < -0.3 is 16.4 Å². The largest absolute Gasteiger partial charge is 0.382 e. The van der Waals surface area contributed by atoms with E-state index in [4.69, 9.17) is 5.73 Å². The highest BCUT2D eigenvalue weighted by molar-refractivity contribution is 7.92. The van der Waals surface area contributed by atoms with E-state index in [2.05, 4.69) is 33.0 Å². The van der Waals surface area contributed by atoms with Crippen LogP contribution >= 0.6 is 0 Å². The van der Waals surface area contributed by atoms with Crippen LogP contribution in [0.5, 0.6) is 0 Å². The number of hydrogen-bond acceptors (Lipinski definition) is 7. The van der Waals surface area contributed by atoms with E-state index in [0.717, 1.165) is 12.1 Å². The summed E-state index contributed by atoms with van der Waals surface area (Å²) in [6, 6.07) is 35.0. The Morgan fingerprint density at radius 2 is 1.39 bits per heavy atom. The number of sulfone groups is 1. The molecule has 278 valence electrons. The number of hydrogen-bond donors (Lipinski definition) is 3. The number of nitrogens with two attached hydrogens (primary N) is 1. The minimum atomic E-state index is -3.74. The van der Waals surface area contributed by atoms with E-state index in [0.29, 0.717) is 54.4 Å². The fraction of sp³-hybridized carbons (Fsp3) is 0.244. The standard InChI is InChI=1S/C31H30F2N4O3S.C10H11N3/c32-31(33)15-12-21(13-16-31)18-24(30(38)35-29-14-17-37(36-29)20-22-6-2-1-3-7-22)23-10-11-28-26(19-23)34-25-8-4-5-9-27(25)41(28,39)40;11-10-6-7-13(12-10)8-9-4-2-1-3-5-9/h1-11,14,17,19,21,24,34H,12-13,15-16,18,20H2,(H,35,36,38);1-7H,8H2,(H2,11,12). The molecule has 4 aromatic carbocycles. The highest BCUT2D eigenvalue weighted by Crippen LogP contribution is 2.43. The van der Waals surface area contributed by atoms with Gasteiger partial charge in [-0.15, -0.1) is 0 Å². The number of alkyl halides is 2. The van der Waals surface area contributed by atoms with Crippen molar-refractivity contribution in [3.63, 3.8) is 0 Å². The third-order valence-corrected chi connectivity index (χ3v) is 11.7. The molecule has 13 heteroatoms. The summed E-state index contributed by atoms with van der Waals surface area (Å²) in [6.07, 6.45) is 4.29. The Bertz CT molecular complexity index is 2320.